The molecule has 1 aromatic heterocycles. The van der Waals surface area contributed by atoms with Crippen LogP contribution in [-0.2, 0) is 0 Å². The quantitative estimate of drug-likeness (QED) is 0.802. The van der Waals surface area contributed by atoms with Gasteiger partial charge in [0.2, 0.25) is 0 Å². The number of hydrogen-bond acceptors (Lipinski definition) is 4. The summed E-state index contributed by atoms with van der Waals surface area (Å²) in [5.41, 5.74) is 13.2. The van der Waals surface area contributed by atoms with E-state index in [1.54, 1.807) is 12.3 Å². The molecule has 98 valence electrons. The molecule has 0 unspecified atom stereocenters. The van der Waals surface area contributed by atoms with Crippen molar-refractivity contribution < 1.29 is 4.79 Å². The summed E-state index contributed by atoms with van der Waals surface area (Å²) in [5, 5.41) is 0. The van der Waals surface area contributed by atoms with Crippen molar-refractivity contribution in [2.24, 2.45) is 5.73 Å². The number of hydrogen-bond donors (Lipinski definition) is 2. The van der Waals surface area contributed by atoms with Crippen molar-refractivity contribution in [3.05, 3.63) is 23.4 Å². The Bertz CT molecular complexity index is 450. The second kappa shape index (κ2) is 5.06. The summed E-state index contributed by atoms with van der Waals surface area (Å²) in [5.74, 6) is 0.332. The van der Waals surface area contributed by atoms with Gasteiger partial charge in [-0.3, -0.25) is 4.79 Å². The predicted octanol–water partition coefficient (Wildman–Crippen LogP) is 2.21. The van der Waals surface area contributed by atoms with Gasteiger partial charge in [0, 0.05) is 18.2 Å². The lowest BCUT2D eigenvalue weighted by molar-refractivity contribution is 0.0935. The van der Waals surface area contributed by atoms with E-state index in [1.165, 1.54) is 6.42 Å². The number of rotatable bonds is 3. The lowest BCUT2D eigenvalue weighted by Crippen LogP contribution is -2.43. The molecule has 2 rings (SSSR count). The van der Waals surface area contributed by atoms with Gasteiger partial charge in [-0.15, -0.1) is 0 Å². The number of ketones is 1. The first-order chi connectivity index (χ1) is 8.50. The maximum Gasteiger partial charge on any atom is 0.168 e. The number of carbonyl (C=O) groups is 1. The van der Waals surface area contributed by atoms with Crippen LogP contribution in [-0.4, -0.2) is 16.3 Å². The highest BCUT2D eigenvalue weighted by Gasteiger charge is 2.30. The second-order valence-electron chi connectivity index (χ2n) is 5.47. The fourth-order valence-electron chi connectivity index (χ4n) is 2.65. The van der Waals surface area contributed by atoms with Gasteiger partial charge in [0.05, 0.1) is 5.56 Å². The van der Waals surface area contributed by atoms with E-state index in [9.17, 15) is 4.79 Å². The number of carbonyl (C=O) groups excluding carboxylic acids is 1. The van der Waals surface area contributed by atoms with E-state index >= 15 is 0 Å². The van der Waals surface area contributed by atoms with E-state index in [-0.39, 0.29) is 11.3 Å². The van der Waals surface area contributed by atoms with Crippen molar-refractivity contribution in [3.63, 3.8) is 0 Å². The van der Waals surface area contributed by atoms with Crippen molar-refractivity contribution in [2.75, 3.05) is 5.73 Å². The van der Waals surface area contributed by atoms with Gasteiger partial charge in [-0.25, -0.2) is 4.98 Å². The zero-order chi connectivity index (χ0) is 13.2. The first-order valence-electron chi connectivity index (χ1n) is 6.54. The van der Waals surface area contributed by atoms with E-state index in [4.69, 9.17) is 11.5 Å². The normalized spacial score (nSPS) is 18.6. The maximum absolute atomic E-state index is 12.3. The van der Waals surface area contributed by atoms with Crippen LogP contribution in [0.25, 0.3) is 0 Å². The van der Waals surface area contributed by atoms with Gasteiger partial charge in [-0.05, 0) is 31.4 Å². The average molecular weight is 247 g/mol. The molecule has 0 radical (unpaired) electrons. The van der Waals surface area contributed by atoms with Crippen LogP contribution in [0.15, 0.2) is 12.3 Å². The smallest absolute Gasteiger partial charge is 0.168 e. The molecule has 0 bridgehead atoms. The summed E-state index contributed by atoms with van der Waals surface area (Å²) in [6.45, 7) is 1.90. The minimum atomic E-state index is -0.342. The number of aromatic nitrogens is 1. The van der Waals surface area contributed by atoms with Crippen LogP contribution in [0.3, 0.4) is 0 Å². The fourth-order valence-corrected chi connectivity index (χ4v) is 2.65. The highest BCUT2D eigenvalue weighted by atomic mass is 16.1. The summed E-state index contributed by atoms with van der Waals surface area (Å²) in [4.78, 5) is 16.3. The van der Waals surface area contributed by atoms with Crippen molar-refractivity contribution in [2.45, 2.75) is 51.0 Å². The highest BCUT2D eigenvalue weighted by Crippen LogP contribution is 2.30. The first kappa shape index (κ1) is 13.0. The Morgan fingerprint density at radius 2 is 2.06 bits per heavy atom. The largest absolute Gasteiger partial charge is 0.383 e. The van der Waals surface area contributed by atoms with Gasteiger partial charge in [0.1, 0.15) is 5.82 Å². The molecule has 0 saturated heterocycles. The first-order valence-corrected chi connectivity index (χ1v) is 6.54. The Morgan fingerprint density at radius 1 is 1.39 bits per heavy atom. The molecule has 0 aliphatic heterocycles. The van der Waals surface area contributed by atoms with Gasteiger partial charge >= 0.3 is 0 Å². The molecule has 1 fully saturated rings. The molecule has 1 saturated carbocycles. The minimum absolute atomic E-state index is 0.0214. The molecule has 0 aromatic carbocycles. The lowest BCUT2D eigenvalue weighted by Gasteiger charge is -2.32. The number of Topliss-reactive ketones (excluding diaryl/α,β-unsaturated/α-hetero) is 1. The molecule has 1 aromatic rings. The number of aryl methyl sites for hydroxylation is 1. The summed E-state index contributed by atoms with van der Waals surface area (Å²) < 4.78 is 0. The molecule has 18 heavy (non-hydrogen) atoms. The summed E-state index contributed by atoms with van der Waals surface area (Å²) in [6, 6.07) is 1.80. The average Bonchev–Trinajstić information content (AvgIpc) is 2.32. The Balaban J connectivity index is 2.14. The van der Waals surface area contributed by atoms with Gasteiger partial charge in [-0.1, -0.05) is 19.3 Å². The third-order valence-electron chi connectivity index (χ3n) is 3.72. The fraction of sp³-hybridized carbons (Fsp3) is 0.571. The number of nitrogens with two attached hydrogens (primary N) is 2. The van der Waals surface area contributed by atoms with Crippen molar-refractivity contribution in [1.29, 1.82) is 0 Å². The number of pyridine rings is 1. The molecule has 0 spiro atoms. The number of nitrogen functional groups attached to an aromatic ring is 1. The van der Waals surface area contributed by atoms with E-state index in [0.29, 0.717) is 17.8 Å². The third-order valence-corrected chi connectivity index (χ3v) is 3.72. The van der Waals surface area contributed by atoms with Crippen LogP contribution < -0.4 is 11.5 Å². The second-order valence-corrected chi connectivity index (χ2v) is 5.47. The summed E-state index contributed by atoms with van der Waals surface area (Å²) >= 11 is 0. The molecule has 1 aliphatic rings. The van der Waals surface area contributed by atoms with Crippen LogP contribution in [0.1, 0.15) is 54.4 Å². The van der Waals surface area contributed by atoms with E-state index in [0.717, 1.165) is 31.2 Å². The van der Waals surface area contributed by atoms with Crippen LogP contribution in [0.4, 0.5) is 5.82 Å². The van der Waals surface area contributed by atoms with Crippen LogP contribution >= 0.6 is 0 Å². The Labute approximate surface area is 108 Å². The molecular formula is C14H21N3O. The van der Waals surface area contributed by atoms with Crippen LogP contribution in [0.2, 0.25) is 0 Å². The van der Waals surface area contributed by atoms with E-state index < -0.39 is 0 Å². The van der Waals surface area contributed by atoms with Gasteiger partial charge in [0.25, 0.3) is 0 Å². The van der Waals surface area contributed by atoms with E-state index in [2.05, 4.69) is 4.98 Å². The van der Waals surface area contributed by atoms with Gasteiger partial charge < -0.3 is 11.5 Å². The van der Waals surface area contributed by atoms with Gasteiger partial charge in [-0.2, -0.15) is 0 Å². The molecule has 0 atom stereocenters. The van der Waals surface area contributed by atoms with Crippen molar-refractivity contribution in [1.82, 2.24) is 4.98 Å². The molecular weight excluding hydrogens is 226 g/mol. The van der Waals surface area contributed by atoms with E-state index in [1.807, 2.05) is 6.92 Å². The SMILES string of the molecule is Cc1cnc(N)c(C(=O)CC2(N)CCCCC2)c1. The standard InChI is InChI=1S/C14H21N3O/c1-10-7-11(13(15)17-9-10)12(18)8-14(16)5-3-2-4-6-14/h7,9H,2-6,8,16H2,1H3,(H2,15,17). The maximum atomic E-state index is 12.3. The number of nitrogens with zero attached hydrogens (tertiary/aromatic N) is 1. The number of anilines is 1. The summed E-state index contributed by atoms with van der Waals surface area (Å²) in [7, 11) is 0. The van der Waals surface area contributed by atoms with Crippen LogP contribution in [0.5, 0.6) is 0 Å². The molecule has 0 amide bonds. The predicted molar refractivity (Wildman–Crippen MR) is 72.3 cm³/mol. The molecule has 4 heteroatoms. The van der Waals surface area contributed by atoms with Crippen molar-refractivity contribution in [3.8, 4) is 0 Å². The Hall–Kier alpha value is -1.42. The van der Waals surface area contributed by atoms with Gasteiger partial charge in [0.15, 0.2) is 5.78 Å². The minimum Gasteiger partial charge on any atom is -0.383 e. The van der Waals surface area contributed by atoms with Crippen LogP contribution in [0, 0.1) is 6.92 Å². The topological polar surface area (TPSA) is 82.0 Å². The highest BCUT2D eigenvalue weighted by molar-refractivity contribution is 6.00. The molecule has 4 N–H and O–H groups in total. The molecule has 4 nitrogen and oxygen atoms in total. The van der Waals surface area contributed by atoms with Crippen molar-refractivity contribution >= 4 is 11.6 Å². The monoisotopic (exact) mass is 247 g/mol. The lowest BCUT2D eigenvalue weighted by atomic mass is 9.78. The Morgan fingerprint density at radius 3 is 2.72 bits per heavy atom. The third kappa shape index (κ3) is 2.88. The zero-order valence-corrected chi connectivity index (χ0v) is 10.9. The summed E-state index contributed by atoms with van der Waals surface area (Å²) in [6.07, 6.45) is 7.36. The molecule has 1 heterocycles. The molecule has 1 aliphatic carbocycles. The zero-order valence-electron chi connectivity index (χ0n) is 10.9. The Kier molecular flexibility index (Phi) is 3.66.